The zero-order valence-electron chi connectivity index (χ0n) is 10.2. The van der Waals surface area contributed by atoms with Gasteiger partial charge < -0.3 is 15.2 Å². The van der Waals surface area contributed by atoms with Gasteiger partial charge in [0.15, 0.2) is 0 Å². The summed E-state index contributed by atoms with van der Waals surface area (Å²) in [5.41, 5.74) is 1.15. The molecule has 2 N–H and O–H groups in total. The van der Waals surface area contributed by atoms with Crippen LogP contribution in [0.1, 0.15) is 18.4 Å². The van der Waals surface area contributed by atoms with E-state index in [4.69, 9.17) is 9.84 Å². The van der Waals surface area contributed by atoms with Gasteiger partial charge in [-0.05, 0) is 56.0 Å². The molecule has 94 valence electrons. The molecule has 1 aromatic carbocycles. The summed E-state index contributed by atoms with van der Waals surface area (Å²) in [6, 6.07) is 8.03. The van der Waals surface area contributed by atoms with Crippen LogP contribution in [0.3, 0.4) is 0 Å². The van der Waals surface area contributed by atoms with Gasteiger partial charge in [-0.2, -0.15) is 0 Å². The predicted molar refractivity (Wildman–Crippen MR) is 68.3 cm³/mol. The molecule has 2 rings (SSSR count). The normalized spacial score (nSPS) is 17.0. The number of hydrogen-bond acceptors (Lipinski definition) is 3. The fourth-order valence-corrected chi connectivity index (χ4v) is 2.14. The third-order valence-corrected chi connectivity index (χ3v) is 3.27. The van der Waals surface area contributed by atoms with E-state index >= 15 is 0 Å². The fourth-order valence-electron chi connectivity index (χ4n) is 2.14. The van der Waals surface area contributed by atoms with Crippen LogP contribution in [-0.4, -0.2) is 31.4 Å². The molecule has 0 bridgehead atoms. The van der Waals surface area contributed by atoms with Gasteiger partial charge in [0.25, 0.3) is 0 Å². The number of ether oxygens (including phenoxy) is 1. The molecule has 0 spiro atoms. The molecule has 0 atom stereocenters. The second-order valence-electron chi connectivity index (χ2n) is 4.62. The van der Waals surface area contributed by atoms with Crippen molar-refractivity contribution in [2.24, 2.45) is 5.92 Å². The first-order chi connectivity index (χ1) is 8.38. The van der Waals surface area contributed by atoms with Crippen LogP contribution in [0.15, 0.2) is 24.3 Å². The minimum Gasteiger partial charge on any atom is -0.493 e. The molecule has 0 aliphatic carbocycles. The maximum Gasteiger partial charge on any atom is 0.119 e. The first-order valence-electron chi connectivity index (χ1n) is 6.42. The summed E-state index contributed by atoms with van der Waals surface area (Å²) in [5.74, 6) is 1.62. The number of aliphatic hydroxyl groups excluding tert-OH is 1. The number of aliphatic hydroxyl groups is 1. The maximum absolute atomic E-state index is 8.83. The third kappa shape index (κ3) is 4.02. The number of benzene rings is 1. The molecule has 0 radical (unpaired) electrons. The molecule has 0 amide bonds. The SMILES string of the molecule is OCCc1ccc(OCC2CCNCC2)cc1. The largest absolute Gasteiger partial charge is 0.493 e. The molecule has 0 unspecified atom stereocenters. The lowest BCUT2D eigenvalue weighted by Crippen LogP contribution is -2.30. The van der Waals surface area contributed by atoms with Gasteiger partial charge in [-0.3, -0.25) is 0 Å². The van der Waals surface area contributed by atoms with Gasteiger partial charge in [-0.1, -0.05) is 12.1 Å². The van der Waals surface area contributed by atoms with E-state index in [0.717, 1.165) is 31.0 Å². The van der Waals surface area contributed by atoms with Crippen LogP contribution in [0.2, 0.25) is 0 Å². The van der Waals surface area contributed by atoms with Gasteiger partial charge in [0, 0.05) is 6.61 Å². The summed E-state index contributed by atoms with van der Waals surface area (Å²) in [5, 5.41) is 12.2. The lowest BCUT2D eigenvalue weighted by Gasteiger charge is -2.22. The molecule has 1 aliphatic heterocycles. The molecule has 0 saturated carbocycles. The van der Waals surface area contributed by atoms with Gasteiger partial charge in [-0.15, -0.1) is 0 Å². The average molecular weight is 235 g/mol. The standard InChI is InChI=1S/C14H21NO2/c16-10-7-12-1-3-14(4-2-12)17-11-13-5-8-15-9-6-13/h1-4,13,15-16H,5-11H2. The first-order valence-corrected chi connectivity index (χ1v) is 6.42. The molecule has 3 nitrogen and oxygen atoms in total. The minimum absolute atomic E-state index is 0.204. The van der Waals surface area contributed by atoms with Crippen molar-refractivity contribution in [2.45, 2.75) is 19.3 Å². The second-order valence-corrected chi connectivity index (χ2v) is 4.62. The van der Waals surface area contributed by atoms with Gasteiger partial charge in [-0.25, -0.2) is 0 Å². The first kappa shape index (κ1) is 12.4. The highest BCUT2D eigenvalue weighted by Crippen LogP contribution is 2.17. The summed E-state index contributed by atoms with van der Waals surface area (Å²) >= 11 is 0. The molecule has 1 aliphatic rings. The minimum atomic E-state index is 0.204. The Morgan fingerprint density at radius 1 is 1.18 bits per heavy atom. The van der Waals surface area contributed by atoms with Gasteiger partial charge in [0.05, 0.1) is 6.61 Å². The van der Waals surface area contributed by atoms with Crippen LogP contribution >= 0.6 is 0 Å². The van der Waals surface area contributed by atoms with E-state index in [9.17, 15) is 0 Å². The molecular formula is C14H21NO2. The maximum atomic E-state index is 8.83. The lowest BCUT2D eigenvalue weighted by atomic mass is 9.99. The highest BCUT2D eigenvalue weighted by molar-refractivity contribution is 5.27. The van der Waals surface area contributed by atoms with Crippen molar-refractivity contribution in [1.82, 2.24) is 5.32 Å². The predicted octanol–water partition coefficient (Wildman–Crippen LogP) is 1.60. The Kier molecular flexibility index (Phi) is 4.83. The number of nitrogens with one attached hydrogen (secondary N) is 1. The average Bonchev–Trinajstić information content (AvgIpc) is 2.40. The molecule has 1 saturated heterocycles. The quantitative estimate of drug-likeness (QED) is 0.814. The van der Waals surface area contributed by atoms with Crippen molar-refractivity contribution in [3.8, 4) is 5.75 Å². The monoisotopic (exact) mass is 235 g/mol. The Bertz CT molecular complexity index is 317. The van der Waals surface area contributed by atoms with E-state index in [1.807, 2.05) is 24.3 Å². The Morgan fingerprint density at radius 3 is 2.53 bits per heavy atom. The zero-order chi connectivity index (χ0) is 11.9. The van der Waals surface area contributed by atoms with Crippen molar-refractivity contribution < 1.29 is 9.84 Å². The Hall–Kier alpha value is -1.06. The van der Waals surface area contributed by atoms with Crippen LogP contribution in [0.5, 0.6) is 5.75 Å². The van der Waals surface area contributed by atoms with E-state index in [0.29, 0.717) is 12.3 Å². The van der Waals surface area contributed by atoms with Gasteiger partial charge in [0.1, 0.15) is 5.75 Å². The molecule has 17 heavy (non-hydrogen) atoms. The summed E-state index contributed by atoms with van der Waals surface area (Å²) in [6.07, 6.45) is 3.14. The van der Waals surface area contributed by atoms with Crippen LogP contribution in [0, 0.1) is 5.92 Å². The van der Waals surface area contributed by atoms with E-state index in [1.54, 1.807) is 0 Å². The summed E-state index contributed by atoms with van der Waals surface area (Å²) < 4.78 is 5.79. The summed E-state index contributed by atoms with van der Waals surface area (Å²) in [4.78, 5) is 0. The van der Waals surface area contributed by atoms with Crippen molar-refractivity contribution in [3.63, 3.8) is 0 Å². The Labute approximate surface area is 103 Å². The number of hydrogen-bond donors (Lipinski definition) is 2. The van der Waals surface area contributed by atoms with E-state index < -0.39 is 0 Å². The zero-order valence-corrected chi connectivity index (χ0v) is 10.2. The molecule has 3 heteroatoms. The molecule has 1 fully saturated rings. The topological polar surface area (TPSA) is 41.5 Å². The van der Waals surface area contributed by atoms with E-state index in [2.05, 4.69) is 5.32 Å². The van der Waals surface area contributed by atoms with Gasteiger partial charge >= 0.3 is 0 Å². The fraction of sp³-hybridized carbons (Fsp3) is 0.571. The lowest BCUT2D eigenvalue weighted by molar-refractivity contribution is 0.215. The third-order valence-electron chi connectivity index (χ3n) is 3.27. The van der Waals surface area contributed by atoms with Crippen molar-refractivity contribution in [3.05, 3.63) is 29.8 Å². The van der Waals surface area contributed by atoms with E-state index in [1.165, 1.54) is 12.8 Å². The molecule has 1 aromatic rings. The Balaban J connectivity index is 1.77. The number of piperidine rings is 1. The smallest absolute Gasteiger partial charge is 0.119 e. The van der Waals surface area contributed by atoms with Crippen molar-refractivity contribution in [2.75, 3.05) is 26.3 Å². The van der Waals surface area contributed by atoms with Crippen molar-refractivity contribution in [1.29, 1.82) is 0 Å². The molecular weight excluding hydrogens is 214 g/mol. The number of rotatable bonds is 5. The Morgan fingerprint density at radius 2 is 1.88 bits per heavy atom. The van der Waals surface area contributed by atoms with Gasteiger partial charge in [0.2, 0.25) is 0 Å². The van der Waals surface area contributed by atoms with Crippen LogP contribution in [-0.2, 0) is 6.42 Å². The van der Waals surface area contributed by atoms with Crippen LogP contribution < -0.4 is 10.1 Å². The molecule has 0 aromatic heterocycles. The molecule has 1 heterocycles. The van der Waals surface area contributed by atoms with Crippen molar-refractivity contribution >= 4 is 0 Å². The van der Waals surface area contributed by atoms with Crippen LogP contribution in [0.4, 0.5) is 0 Å². The van der Waals surface area contributed by atoms with E-state index in [-0.39, 0.29) is 6.61 Å². The second kappa shape index (κ2) is 6.62. The highest BCUT2D eigenvalue weighted by Gasteiger charge is 2.13. The summed E-state index contributed by atoms with van der Waals surface area (Å²) in [6.45, 7) is 3.25. The van der Waals surface area contributed by atoms with Crippen LogP contribution in [0.25, 0.3) is 0 Å². The highest BCUT2D eigenvalue weighted by atomic mass is 16.5. The summed E-state index contributed by atoms with van der Waals surface area (Å²) in [7, 11) is 0.